The van der Waals surface area contributed by atoms with Crippen LogP contribution in [0.1, 0.15) is 25.7 Å². The normalized spacial score (nSPS) is 24.2. The summed E-state index contributed by atoms with van der Waals surface area (Å²) >= 11 is 0. The number of carboxylic acid groups (broad SMARTS) is 1. The smallest absolute Gasteiger partial charge is 0.326 e. The third kappa shape index (κ3) is 2.27. The minimum absolute atomic E-state index is 0.0678. The number of nitrogens with zero attached hydrogens (tertiary/aromatic N) is 2. The largest absolute Gasteiger partial charge is 0.480 e. The van der Waals surface area contributed by atoms with Crippen molar-refractivity contribution < 1.29 is 19.5 Å². The quantitative estimate of drug-likeness (QED) is 0.667. The third-order valence-electron chi connectivity index (χ3n) is 2.94. The van der Waals surface area contributed by atoms with Gasteiger partial charge in [0.05, 0.1) is 6.42 Å². The molecular weight excluding hydrogens is 226 g/mol. The zero-order chi connectivity index (χ0) is 12.4. The highest BCUT2D eigenvalue weighted by Gasteiger charge is 2.35. The number of amides is 2. The molecule has 1 saturated heterocycles. The number of nitrogens with one attached hydrogen (secondary N) is 1. The SMILES string of the molecule is O=C1CC(C(=O)N2CCCCC2C(=O)O)=NN1. The Morgan fingerprint density at radius 1 is 1.41 bits per heavy atom. The first-order valence-corrected chi connectivity index (χ1v) is 5.49. The van der Waals surface area contributed by atoms with Crippen LogP contribution < -0.4 is 5.43 Å². The number of hydrazone groups is 1. The number of carbonyl (C=O) groups is 3. The van der Waals surface area contributed by atoms with Gasteiger partial charge in [0, 0.05) is 6.54 Å². The number of hydrogen-bond donors (Lipinski definition) is 2. The molecule has 0 aromatic heterocycles. The van der Waals surface area contributed by atoms with E-state index in [2.05, 4.69) is 10.5 Å². The molecule has 0 saturated carbocycles. The molecular formula is C10H13N3O4. The molecule has 2 heterocycles. The number of rotatable bonds is 2. The summed E-state index contributed by atoms with van der Waals surface area (Å²) in [6, 6.07) is -0.797. The van der Waals surface area contributed by atoms with Gasteiger partial charge in [-0.2, -0.15) is 5.10 Å². The van der Waals surface area contributed by atoms with Crippen LogP contribution in [0.15, 0.2) is 5.10 Å². The van der Waals surface area contributed by atoms with Crippen LogP contribution in [-0.4, -0.2) is 46.1 Å². The third-order valence-corrected chi connectivity index (χ3v) is 2.94. The number of aliphatic carboxylic acids is 1. The van der Waals surface area contributed by atoms with Crippen LogP contribution in [0.2, 0.25) is 0 Å². The molecule has 17 heavy (non-hydrogen) atoms. The van der Waals surface area contributed by atoms with Gasteiger partial charge >= 0.3 is 5.97 Å². The van der Waals surface area contributed by atoms with Crippen LogP contribution in [0, 0.1) is 0 Å². The summed E-state index contributed by atoms with van der Waals surface area (Å²) < 4.78 is 0. The zero-order valence-corrected chi connectivity index (χ0v) is 9.18. The molecule has 1 atom stereocenters. The van der Waals surface area contributed by atoms with Crippen molar-refractivity contribution in [2.75, 3.05) is 6.54 Å². The minimum Gasteiger partial charge on any atom is -0.480 e. The van der Waals surface area contributed by atoms with E-state index < -0.39 is 17.9 Å². The van der Waals surface area contributed by atoms with E-state index in [1.54, 1.807) is 0 Å². The minimum atomic E-state index is -1.00. The Labute approximate surface area is 97.5 Å². The molecule has 1 fully saturated rings. The van der Waals surface area contributed by atoms with E-state index in [1.165, 1.54) is 4.90 Å². The highest BCUT2D eigenvalue weighted by Crippen LogP contribution is 2.18. The Kier molecular flexibility index (Phi) is 3.08. The summed E-state index contributed by atoms with van der Waals surface area (Å²) in [6.07, 6.45) is 1.96. The molecule has 0 bridgehead atoms. The standard InChI is InChI=1S/C10H13N3O4/c14-8-5-6(11-12-8)9(15)13-4-2-1-3-7(13)10(16)17/h7H,1-5H2,(H,12,14)(H,16,17). The fraction of sp³-hybridized carbons (Fsp3) is 0.600. The molecule has 1 unspecified atom stereocenters. The lowest BCUT2D eigenvalue weighted by molar-refractivity contribution is -0.149. The van der Waals surface area contributed by atoms with E-state index >= 15 is 0 Å². The summed E-state index contributed by atoms with van der Waals surface area (Å²) in [7, 11) is 0. The predicted molar refractivity (Wildman–Crippen MR) is 57.2 cm³/mol. The Balaban J connectivity index is 2.11. The van der Waals surface area contributed by atoms with E-state index in [4.69, 9.17) is 5.11 Å². The molecule has 0 aromatic carbocycles. The molecule has 2 aliphatic rings. The first kappa shape index (κ1) is 11.6. The topological polar surface area (TPSA) is 99.1 Å². The van der Waals surface area contributed by atoms with Gasteiger partial charge in [-0.15, -0.1) is 0 Å². The summed E-state index contributed by atoms with van der Waals surface area (Å²) in [4.78, 5) is 35.3. The molecule has 2 N–H and O–H groups in total. The summed E-state index contributed by atoms with van der Waals surface area (Å²) in [5.41, 5.74) is 2.29. The van der Waals surface area contributed by atoms with Gasteiger partial charge in [0.1, 0.15) is 11.8 Å². The number of hydrogen-bond acceptors (Lipinski definition) is 4. The molecule has 2 amide bonds. The maximum atomic E-state index is 12.0. The molecule has 0 spiro atoms. The first-order valence-electron chi connectivity index (χ1n) is 5.49. The number of carbonyl (C=O) groups excluding carboxylic acids is 2. The van der Waals surface area contributed by atoms with Crippen molar-refractivity contribution in [3.63, 3.8) is 0 Å². The van der Waals surface area contributed by atoms with Crippen molar-refractivity contribution >= 4 is 23.5 Å². The van der Waals surface area contributed by atoms with Crippen molar-refractivity contribution in [3.05, 3.63) is 0 Å². The number of piperidine rings is 1. The summed E-state index contributed by atoms with van der Waals surface area (Å²) in [6.45, 7) is 0.406. The second-order valence-electron chi connectivity index (χ2n) is 4.12. The summed E-state index contributed by atoms with van der Waals surface area (Å²) in [5.74, 6) is -1.79. The second-order valence-corrected chi connectivity index (χ2v) is 4.12. The van der Waals surface area contributed by atoms with Crippen LogP contribution in [0.25, 0.3) is 0 Å². The van der Waals surface area contributed by atoms with Gasteiger partial charge in [-0.05, 0) is 19.3 Å². The van der Waals surface area contributed by atoms with Crippen LogP contribution in [0.3, 0.4) is 0 Å². The van der Waals surface area contributed by atoms with E-state index in [1.807, 2.05) is 0 Å². The van der Waals surface area contributed by atoms with Gasteiger partial charge in [0.15, 0.2) is 0 Å². The molecule has 2 rings (SSSR count). The van der Waals surface area contributed by atoms with Gasteiger partial charge in [-0.1, -0.05) is 0 Å². The van der Waals surface area contributed by atoms with Gasteiger partial charge in [0.25, 0.3) is 5.91 Å². The van der Waals surface area contributed by atoms with E-state index in [9.17, 15) is 14.4 Å². The van der Waals surface area contributed by atoms with Crippen molar-refractivity contribution in [1.82, 2.24) is 10.3 Å². The van der Waals surface area contributed by atoms with Crippen LogP contribution in [-0.2, 0) is 14.4 Å². The predicted octanol–water partition coefficient (Wildman–Crippen LogP) is -0.672. The lowest BCUT2D eigenvalue weighted by atomic mass is 10.0. The highest BCUT2D eigenvalue weighted by molar-refractivity contribution is 6.43. The average molecular weight is 239 g/mol. The Morgan fingerprint density at radius 3 is 2.76 bits per heavy atom. The van der Waals surface area contributed by atoms with Crippen LogP contribution >= 0.6 is 0 Å². The molecule has 7 heteroatoms. The van der Waals surface area contributed by atoms with E-state index in [-0.39, 0.29) is 18.0 Å². The monoisotopic (exact) mass is 239 g/mol. The maximum absolute atomic E-state index is 12.0. The van der Waals surface area contributed by atoms with E-state index in [0.29, 0.717) is 13.0 Å². The molecule has 0 aromatic rings. The lowest BCUT2D eigenvalue weighted by Gasteiger charge is -2.32. The fourth-order valence-corrected chi connectivity index (χ4v) is 2.08. The lowest BCUT2D eigenvalue weighted by Crippen LogP contribution is -2.50. The summed E-state index contributed by atoms with van der Waals surface area (Å²) in [5, 5.41) is 12.7. The van der Waals surface area contributed by atoms with Gasteiger partial charge in [-0.25, -0.2) is 10.2 Å². The van der Waals surface area contributed by atoms with Crippen molar-refractivity contribution in [1.29, 1.82) is 0 Å². The van der Waals surface area contributed by atoms with Gasteiger partial charge < -0.3 is 10.0 Å². The average Bonchev–Trinajstić information content (AvgIpc) is 2.75. The number of likely N-dealkylation sites (tertiary alicyclic amines) is 1. The first-order chi connectivity index (χ1) is 8.09. The Hall–Kier alpha value is -1.92. The van der Waals surface area contributed by atoms with Crippen LogP contribution in [0.5, 0.6) is 0 Å². The van der Waals surface area contributed by atoms with E-state index in [0.717, 1.165) is 12.8 Å². The molecule has 92 valence electrons. The molecule has 0 aliphatic carbocycles. The van der Waals surface area contributed by atoms with Crippen molar-refractivity contribution in [3.8, 4) is 0 Å². The molecule has 7 nitrogen and oxygen atoms in total. The van der Waals surface area contributed by atoms with Crippen molar-refractivity contribution in [2.24, 2.45) is 5.10 Å². The zero-order valence-electron chi connectivity index (χ0n) is 9.18. The Bertz CT molecular complexity index is 404. The maximum Gasteiger partial charge on any atom is 0.326 e. The highest BCUT2D eigenvalue weighted by atomic mass is 16.4. The fourth-order valence-electron chi connectivity index (χ4n) is 2.08. The Morgan fingerprint density at radius 2 is 2.18 bits per heavy atom. The molecule has 2 aliphatic heterocycles. The van der Waals surface area contributed by atoms with Crippen molar-refractivity contribution in [2.45, 2.75) is 31.7 Å². The molecule has 0 radical (unpaired) electrons. The van der Waals surface area contributed by atoms with Gasteiger partial charge in [-0.3, -0.25) is 9.59 Å². The van der Waals surface area contributed by atoms with Gasteiger partial charge in [0.2, 0.25) is 5.91 Å². The number of carboxylic acids is 1. The second kappa shape index (κ2) is 4.52. The van der Waals surface area contributed by atoms with Crippen LogP contribution in [0.4, 0.5) is 0 Å².